The Bertz CT molecular complexity index is 1500. The predicted molar refractivity (Wildman–Crippen MR) is 117 cm³/mol. The second-order valence-electron chi connectivity index (χ2n) is 7.29. The molecule has 5 aromatic rings. The summed E-state index contributed by atoms with van der Waals surface area (Å²) in [5.41, 5.74) is 5.31. The molecule has 7 nitrogen and oxygen atoms in total. The summed E-state index contributed by atoms with van der Waals surface area (Å²) in [6, 6.07) is 19.8. The number of para-hydroxylation sites is 2. The molecule has 0 fully saturated rings. The summed E-state index contributed by atoms with van der Waals surface area (Å²) in [5.74, 6) is 0.719. The third-order valence-corrected chi connectivity index (χ3v) is 5.69. The van der Waals surface area contributed by atoms with Crippen LogP contribution in [0.15, 0.2) is 76.6 Å². The minimum atomic E-state index is -0.0794. The van der Waals surface area contributed by atoms with E-state index in [-0.39, 0.29) is 11.7 Å². The minimum Gasteiger partial charge on any atom is -0.296 e. The molecule has 0 bridgehead atoms. The van der Waals surface area contributed by atoms with Crippen molar-refractivity contribution in [3.8, 4) is 5.69 Å². The molecular weight excluding hydrogens is 376 g/mol. The predicted octanol–water partition coefficient (Wildman–Crippen LogP) is 3.86. The van der Waals surface area contributed by atoms with Crippen molar-refractivity contribution in [2.45, 2.75) is 19.5 Å². The van der Waals surface area contributed by atoms with E-state index in [2.05, 4.69) is 25.6 Å². The van der Waals surface area contributed by atoms with Crippen LogP contribution in [-0.4, -0.2) is 29.9 Å². The Kier molecular flexibility index (Phi) is 3.52. The van der Waals surface area contributed by atoms with Crippen LogP contribution in [0, 0.1) is 0 Å². The Labute approximate surface area is 171 Å². The first kappa shape index (κ1) is 16.9. The van der Waals surface area contributed by atoms with Gasteiger partial charge >= 0.3 is 5.69 Å². The Morgan fingerprint density at radius 2 is 1.77 bits per heavy atom. The van der Waals surface area contributed by atoms with Crippen LogP contribution < -0.4 is 5.69 Å². The molecule has 0 saturated heterocycles. The standard InChI is InChI=1S/C23H18N6O/c1-2-27-19-8-5-13-24-21(19)28(23(27)30)16-11-9-15(10-12-16)20-14-25-22-26-17-6-3-4-7-18(17)29(20)22/h3-14,20H,2H2,1H3. The van der Waals surface area contributed by atoms with E-state index in [1.807, 2.05) is 67.7 Å². The zero-order valence-corrected chi connectivity index (χ0v) is 16.3. The van der Waals surface area contributed by atoms with Gasteiger partial charge in [0, 0.05) is 19.0 Å². The van der Waals surface area contributed by atoms with Gasteiger partial charge in [0.1, 0.15) is 0 Å². The monoisotopic (exact) mass is 394 g/mol. The summed E-state index contributed by atoms with van der Waals surface area (Å²) in [6.07, 6.45) is 3.63. The average molecular weight is 394 g/mol. The summed E-state index contributed by atoms with van der Waals surface area (Å²) in [4.78, 5) is 26.5. The van der Waals surface area contributed by atoms with Crippen molar-refractivity contribution < 1.29 is 0 Å². The van der Waals surface area contributed by atoms with Crippen LogP contribution in [-0.2, 0) is 6.54 Å². The molecule has 1 atom stereocenters. The van der Waals surface area contributed by atoms with Crippen LogP contribution in [0.1, 0.15) is 18.5 Å². The van der Waals surface area contributed by atoms with E-state index in [0.717, 1.165) is 33.7 Å². The number of nitrogens with zero attached hydrogens (tertiary/aromatic N) is 6. The summed E-state index contributed by atoms with van der Waals surface area (Å²) >= 11 is 0. The van der Waals surface area contributed by atoms with E-state index < -0.39 is 0 Å². The van der Waals surface area contributed by atoms with E-state index in [9.17, 15) is 4.79 Å². The highest BCUT2D eigenvalue weighted by Gasteiger charge is 2.24. The first-order valence-corrected chi connectivity index (χ1v) is 9.94. The first-order chi connectivity index (χ1) is 14.8. The SMILES string of the molecule is CCn1c(=O)n(-c2ccc(C3C=Nc4nc5ccccc5n43)cc2)c2ncccc21. The van der Waals surface area contributed by atoms with Gasteiger partial charge in [-0.2, -0.15) is 0 Å². The quantitative estimate of drug-likeness (QED) is 0.467. The molecule has 4 heterocycles. The minimum absolute atomic E-state index is 0.0201. The lowest BCUT2D eigenvalue weighted by Gasteiger charge is -2.13. The number of hydrogen-bond acceptors (Lipinski definition) is 4. The largest absolute Gasteiger partial charge is 0.334 e. The highest BCUT2D eigenvalue weighted by molar-refractivity contribution is 5.86. The van der Waals surface area contributed by atoms with Crippen LogP contribution in [0.2, 0.25) is 0 Å². The zero-order valence-electron chi connectivity index (χ0n) is 16.3. The third-order valence-electron chi connectivity index (χ3n) is 5.69. The fourth-order valence-electron chi connectivity index (χ4n) is 4.28. The summed E-state index contributed by atoms with van der Waals surface area (Å²) in [6.45, 7) is 2.56. The number of aromatic nitrogens is 5. The van der Waals surface area contributed by atoms with Crippen molar-refractivity contribution in [2.24, 2.45) is 4.99 Å². The fraction of sp³-hybridized carbons (Fsp3) is 0.130. The molecule has 2 aromatic carbocycles. The molecule has 3 aromatic heterocycles. The van der Waals surface area contributed by atoms with Crippen LogP contribution in [0.5, 0.6) is 0 Å². The van der Waals surface area contributed by atoms with Crippen LogP contribution in [0.3, 0.4) is 0 Å². The van der Waals surface area contributed by atoms with Crippen molar-refractivity contribution in [1.29, 1.82) is 0 Å². The van der Waals surface area contributed by atoms with Crippen LogP contribution in [0.4, 0.5) is 5.95 Å². The van der Waals surface area contributed by atoms with Gasteiger partial charge in [-0.1, -0.05) is 24.3 Å². The lowest BCUT2D eigenvalue weighted by molar-refractivity contribution is 0.733. The van der Waals surface area contributed by atoms with E-state index in [4.69, 9.17) is 0 Å². The zero-order chi connectivity index (χ0) is 20.2. The lowest BCUT2D eigenvalue weighted by Crippen LogP contribution is -2.22. The number of rotatable bonds is 3. The summed E-state index contributed by atoms with van der Waals surface area (Å²) < 4.78 is 5.55. The number of pyridine rings is 1. The normalized spacial score (nSPS) is 15.3. The maximum Gasteiger partial charge on any atom is 0.334 e. The second-order valence-corrected chi connectivity index (χ2v) is 7.29. The summed E-state index contributed by atoms with van der Waals surface area (Å²) in [7, 11) is 0. The highest BCUT2D eigenvalue weighted by Crippen LogP contribution is 2.33. The van der Waals surface area contributed by atoms with Gasteiger partial charge in [-0.05, 0) is 48.9 Å². The van der Waals surface area contributed by atoms with Crippen molar-refractivity contribution in [3.05, 3.63) is 82.9 Å². The third kappa shape index (κ3) is 2.26. The van der Waals surface area contributed by atoms with Gasteiger partial charge in [0.15, 0.2) is 5.65 Å². The van der Waals surface area contributed by atoms with Gasteiger partial charge in [-0.3, -0.25) is 9.13 Å². The Hall–Kier alpha value is -4.00. The fourth-order valence-corrected chi connectivity index (χ4v) is 4.28. The van der Waals surface area contributed by atoms with Gasteiger partial charge in [-0.25, -0.2) is 24.3 Å². The van der Waals surface area contributed by atoms with E-state index in [0.29, 0.717) is 12.2 Å². The van der Waals surface area contributed by atoms with Gasteiger partial charge in [-0.15, -0.1) is 0 Å². The average Bonchev–Trinajstić information content (AvgIpc) is 3.43. The lowest BCUT2D eigenvalue weighted by atomic mass is 10.1. The van der Waals surface area contributed by atoms with E-state index in [1.54, 1.807) is 15.3 Å². The molecule has 6 rings (SSSR count). The topological polar surface area (TPSA) is 70.0 Å². The first-order valence-electron chi connectivity index (χ1n) is 9.94. The van der Waals surface area contributed by atoms with Gasteiger partial charge in [0.05, 0.1) is 28.3 Å². The Morgan fingerprint density at radius 3 is 2.60 bits per heavy atom. The molecule has 0 spiro atoms. The van der Waals surface area contributed by atoms with E-state index in [1.165, 1.54) is 0 Å². The number of aryl methyl sites for hydroxylation is 1. The molecule has 0 N–H and O–H groups in total. The van der Waals surface area contributed by atoms with Crippen molar-refractivity contribution >= 4 is 34.4 Å². The van der Waals surface area contributed by atoms with Gasteiger partial charge in [0.2, 0.25) is 5.95 Å². The van der Waals surface area contributed by atoms with Crippen molar-refractivity contribution in [3.63, 3.8) is 0 Å². The molecule has 1 aliphatic rings. The van der Waals surface area contributed by atoms with Crippen LogP contribution >= 0.6 is 0 Å². The number of aliphatic imine (C=N–C) groups is 1. The molecule has 7 heteroatoms. The number of imidazole rings is 2. The molecule has 1 unspecified atom stereocenters. The van der Waals surface area contributed by atoms with Crippen molar-refractivity contribution in [2.75, 3.05) is 0 Å². The highest BCUT2D eigenvalue weighted by atomic mass is 16.1. The maximum absolute atomic E-state index is 13.0. The maximum atomic E-state index is 13.0. The number of fused-ring (bicyclic) bond motifs is 4. The van der Waals surface area contributed by atoms with E-state index >= 15 is 0 Å². The molecule has 146 valence electrons. The number of hydrogen-bond donors (Lipinski definition) is 0. The van der Waals surface area contributed by atoms with Crippen LogP contribution in [0.25, 0.3) is 27.9 Å². The van der Waals surface area contributed by atoms with Crippen molar-refractivity contribution in [1.82, 2.24) is 23.7 Å². The molecule has 0 radical (unpaired) electrons. The molecule has 0 amide bonds. The summed E-state index contributed by atoms with van der Waals surface area (Å²) in [5, 5.41) is 0. The van der Waals surface area contributed by atoms with Gasteiger partial charge < -0.3 is 0 Å². The molecule has 0 aliphatic carbocycles. The Balaban J connectivity index is 1.46. The smallest absolute Gasteiger partial charge is 0.296 e. The second kappa shape index (κ2) is 6.25. The molecule has 30 heavy (non-hydrogen) atoms. The molecule has 0 saturated carbocycles. The number of benzene rings is 2. The Morgan fingerprint density at radius 1 is 0.967 bits per heavy atom. The molecule has 1 aliphatic heterocycles. The molecular formula is C23H18N6O. The van der Waals surface area contributed by atoms with Gasteiger partial charge in [0.25, 0.3) is 0 Å².